The summed E-state index contributed by atoms with van der Waals surface area (Å²) >= 11 is 3.16. The Labute approximate surface area is 91.4 Å². The van der Waals surface area contributed by atoms with Gasteiger partial charge in [0.2, 0.25) is 0 Å². The van der Waals surface area contributed by atoms with Gasteiger partial charge in [-0.25, -0.2) is 0 Å². The fraction of sp³-hybridized carbons (Fsp3) is 0.400. The number of halogens is 1. The van der Waals surface area contributed by atoms with Crippen LogP contribution in [0.5, 0.6) is 0 Å². The predicted molar refractivity (Wildman–Crippen MR) is 59.5 cm³/mol. The lowest BCUT2D eigenvalue weighted by atomic mass is 9.98. The molecule has 1 atom stereocenters. The van der Waals surface area contributed by atoms with Crippen molar-refractivity contribution in [1.29, 1.82) is 0 Å². The fourth-order valence-corrected chi connectivity index (χ4v) is 1.60. The Morgan fingerprint density at radius 1 is 1.57 bits per heavy atom. The van der Waals surface area contributed by atoms with Gasteiger partial charge in [0.15, 0.2) is 0 Å². The molecule has 1 unspecified atom stereocenters. The maximum atomic E-state index is 10.7. The third kappa shape index (κ3) is 2.32. The number of hydrogen-bond donors (Lipinski definition) is 0. The molecule has 0 fully saturated rings. The first-order valence-electron chi connectivity index (χ1n) is 4.50. The molecule has 0 saturated carbocycles. The molecular formula is C10H12BrNO2. The molecule has 0 amide bonds. The second-order valence-corrected chi connectivity index (χ2v) is 4.13. The van der Waals surface area contributed by atoms with Crippen molar-refractivity contribution >= 4 is 21.6 Å². The third-order valence-electron chi connectivity index (χ3n) is 2.35. The second-order valence-electron chi connectivity index (χ2n) is 3.28. The van der Waals surface area contributed by atoms with Gasteiger partial charge in [0.05, 0.1) is 9.40 Å². The van der Waals surface area contributed by atoms with Crippen LogP contribution in [0.15, 0.2) is 22.7 Å². The van der Waals surface area contributed by atoms with Crippen LogP contribution in [0.25, 0.3) is 0 Å². The number of nitro groups is 1. The Bertz CT molecular complexity index is 352. The Morgan fingerprint density at radius 2 is 2.21 bits per heavy atom. The summed E-state index contributed by atoms with van der Waals surface area (Å²) in [5.41, 5.74) is 1.16. The van der Waals surface area contributed by atoms with Gasteiger partial charge in [-0.15, -0.1) is 0 Å². The van der Waals surface area contributed by atoms with Gasteiger partial charge < -0.3 is 0 Å². The van der Waals surface area contributed by atoms with Crippen molar-refractivity contribution in [3.63, 3.8) is 0 Å². The zero-order chi connectivity index (χ0) is 10.7. The largest absolute Gasteiger partial charge is 0.283 e. The molecule has 1 rings (SSSR count). The van der Waals surface area contributed by atoms with Crippen LogP contribution < -0.4 is 0 Å². The lowest BCUT2D eigenvalue weighted by molar-refractivity contribution is -0.385. The second kappa shape index (κ2) is 4.55. The highest BCUT2D eigenvalue weighted by atomic mass is 79.9. The average Bonchev–Trinajstić information content (AvgIpc) is 2.17. The summed E-state index contributed by atoms with van der Waals surface area (Å²) in [6.07, 6.45) is 0.985. The van der Waals surface area contributed by atoms with Crippen molar-refractivity contribution in [2.24, 2.45) is 0 Å². The van der Waals surface area contributed by atoms with E-state index in [2.05, 4.69) is 29.8 Å². The first-order valence-corrected chi connectivity index (χ1v) is 5.29. The molecule has 0 radical (unpaired) electrons. The number of nitrogens with zero attached hydrogens (tertiary/aromatic N) is 1. The van der Waals surface area contributed by atoms with E-state index in [9.17, 15) is 10.1 Å². The Morgan fingerprint density at radius 3 is 2.71 bits per heavy atom. The Hall–Kier alpha value is -0.900. The normalized spacial score (nSPS) is 12.5. The maximum Gasteiger partial charge on any atom is 0.283 e. The highest BCUT2D eigenvalue weighted by Gasteiger charge is 2.14. The zero-order valence-electron chi connectivity index (χ0n) is 8.16. The molecule has 0 aliphatic rings. The van der Waals surface area contributed by atoms with Gasteiger partial charge in [-0.2, -0.15) is 0 Å². The molecule has 0 saturated heterocycles. The molecule has 0 aliphatic heterocycles. The van der Waals surface area contributed by atoms with Gasteiger partial charge in [-0.05, 0) is 39.9 Å². The molecule has 76 valence electrons. The minimum absolute atomic E-state index is 0.141. The number of benzene rings is 1. The van der Waals surface area contributed by atoms with Crippen molar-refractivity contribution in [3.05, 3.63) is 38.3 Å². The zero-order valence-corrected chi connectivity index (χ0v) is 9.74. The summed E-state index contributed by atoms with van der Waals surface area (Å²) in [6, 6.07) is 5.29. The minimum atomic E-state index is -0.365. The van der Waals surface area contributed by atoms with Crippen LogP contribution in [0, 0.1) is 10.1 Å². The van der Waals surface area contributed by atoms with Gasteiger partial charge >= 0.3 is 0 Å². The summed E-state index contributed by atoms with van der Waals surface area (Å²) in [7, 11) is 0. The van der Waals surface area contributed by atoms with E-state index in [0.29, 0.717) is 10.4 Å². The van der Waals surface area contributed by atoms with Gasteiger partial charge in [0.25, 0.3) is 5.69 Å². The van der Waals surface area contributed by atoms with E-state index in [1.807, 2.05) is 6.07 Å². The van der Waals surface area contributed by atoms with Crippen molar-refractivity contribution in [1.82, 2.24) is 0 Å². The van der Waals surface area contributed by atoms with Crippen molar-refractivity contribution < 1.29 is 4.92 Å². The van der Waals surface area contributed by atoms with Crippen LogP contribution in [0.2, 0.25) is 0 Å². The van der Waals surface area contributed by atoms with E-state index in [1.165, 1.54) is 0 Å². The molecule has 0 bridgehead atoms. The molecule has 3 nitrogen and oxygen atoms in total. The molecule has 1 aromatic rings. The monoisotopic (exact) mass is 257 g/mol. The third-order valence-corrected chi connectivity index (χ3v) is 3.02. The van der Waals surface area contributed by atoms with E-state index in [-0.39, 0.29) is 10.6 Å². The topological polar surface area (TPSA) is 43.1 Å². The highest BCUT2D eigenvalue weighted by Crippen LogP contribution is 2.29. The first kappa shape index (κ1) is 11.2. The van der Waals surface area contributed by atoms with Crippen molar-refractivity contribution in [2.75, 3.05) is 0 Å². The summed E-state index contributed by atoms with van der Waals surface area (Å²) in [4.78, 5) is 10.3. The number of rotatable bonds is 3. The quantitative estimate of drug-likeness (QED) is 0.610. The van der Waals surface area contributed by atoms with Crippen molar-refractivity contribution in [2.45, 2.75) is 26.2 Å². The summed E-state index contributed by atoms with van der Waals surface area (Å²) in [5, 5.41) is 10.7. The maximum absolute atomic E-state index is 10.7. The standard InChI is InChI=1S/C10H12BrNO2/c1-3-7(2)8-4-5-9(11)10(6-8)12(13)14/h4-7H,3H2,1-2H3. The van der Waals surface area contributed by atoms with Crippen LogP contribution >= 0.6 is 15.9 Å². The van der Waals surface area contributed by atoms with E-state index in [0.717, 1.165) is 12.0 Å². The molecule has 14 heavy (non-hydrogen) atoms. The lowest BCUT2D eigenvalue weighted by Gasteiger charge is -2.08. The van der Waals surface area contributed by atoms with Gasteiger partial charge in [0.1, 0.15) is 0 Å². The summed E-state index contributed by atoms with van der Waals surface area (Å²) in [5.74, 6) is 0.363. The van der Waals surface area contributed by atoms with Crippen LogP contribution in [0.1, 0.15) is 31.7 Å². The van der Waals surface area contributed by atoms with Crippen LogP contribution in [0.4, 0.5) is 5.69 Å². The molecule has 1 aromatic carbocycles. The number of nitro benzene ring substituents is 1. The molecule has 0 aliphatic carbocycles. The van der Waals surface area contributed by atoms with Crippen molar-refractivity contribution in [3.8, 4) is 0 Å². The smallest absolute Gasteiger partial charge is 0.258 e. The molecule has 0 heterocycles. The molecule has 0 aromatic heterocycles. The van der Waals surface area contributed by atoms with Crippen LogP contribution in [-0.4, -0.2) is 4.92 Å². The SMILES string of the molecule is CCC(C)c1ccc(Br)c([N+](=O)[O-])c1. The minimum Gasteiger partial charge on any atom is -0.258 e. The van der Waals surface area contributed by atoms with E-state index in [4.69, 9.17) is 0 Å². The Kier molecular flexibility index (Phi) is 3.63. The molecule has 4 heteroatoms. The van der Waals surface area contributed by atoms with E-state index < -0.39 is 0 Å². The number of hydrogen-bond acceptors (Lipinski definition) is 2. The van der Waals surface area contributed by atoms with Crippen LogP contribution in [-0.2, 0) is 0 Å². The van der Waals surface area contributed by atoms with E-state index >= 15 is 0 Å². The van der Waals surface area contributed by atoms with E-state index in [1.54, 1.807) is 12.1 Å². The molecular weight excluding hydrogens is 246 g/mol. The fourth-order valence-electron chi connectivity index (χ4n) is 1.21. The van der Waals surface area contributed by atoms with Gasteiger partial charge in [-0.3, -0.25) is 10.1 Å². The highest BCUT2D eigenvalue weighted by molar-refractivity contribution is 9.10. The predicted octanol–water partition coefficient (Wildman–Crippen LogP) is 3.87. The van der Waals surface area contributed by atoms with Gasteiger partial charge in [0, 0.05) is 6.07 Å². The summed E-state index contributed by atoms with van der Waals surface area (Å²) in [6.45, 7) is 4.13. The van der Waals surface area contributed by atoms with Crippen LogP contribution in [0.3, 0.4) is 0 Å². The first-order chi connectivity index (χ1) is 6.56. The molecule has 0 N–H and O–H groups in total. The average molecular weight is 258 g/mol. The van der Waals surface area contributed by atoms with Gasteiger partial charge in [-0.1, -0.05) is 19.9 Å². The lowest BCUT2D eigenvalue weighted by Crippen LogP contribution is -1.95. The molecule has 0 spiro atoms. The summed E-state index contributed by atoms with van der Waals surface area (Å²) < 4.78 is 0.537. The Balaban J connectivity index is 3.12.